The van der Waals surface area contributed by atoms with Crippen LogP contribution in [0.2, 0.25) is 0 Å². The zero-order valence-electron chi connectivity index (χ0n) is 7.69. The third-order valence-electron chi connectivity index (χ3n) is 1.93. The van der Waals surface area contributed by atoms with Crippen molar-refractivity contribution in [1.82, 2.24) is 10.2 Å². The molecule has 76 valence electrons. The molecule has 1 aliphatic rings. The van der Waals surface area contributed by atoms with E-state index in [4.69, 9.17) is 5.73 Å². The van der Waals surface area contributed by atoms with E-state index in [-0.39, 0.29) is 6.54 Å². The summed E-state index contributed by atoms with van der Waals surface area (Å²) < 4.78 is 0. The molecule has 1 rings (SSSR count). The molecule has 0 aromatic carbocycles. The molecule has 1 heterocycles. The molecule has 0 spiro atoms. The van der Waals surface area contributed by atoms with Crippen LogP contribution < -0.4 is 11.1 Å². The van der Waals surface area contributed by atoms with Crippen LogP contribution >= 0.6 is 0 Å². The zero-order valence-corrected chi connectivity index (χ0v) is 7.69. The number of likely N-dealkylation sites (N-methyl/N-ethyl adjacent to an activating group) is 1. The smallest absolute Gasteiger partial charge is 0.254 e. The molecule has 0 saturated carbocycles. The summed E-state index contributed by atoms with van der Waals surface area (Å²) in [7, 11) is 1.42. The van der Waals surface area contributed by atoms with Crippen molar-refractivity contribution in [2.45, 2.75) is 6.04 Å². The van der Waals surface area contributed by atoms with E-state index in [2.05, 4.69) is 5.32 Å². The average Bonchev–Trinajstić information content (AvgIpc) is 2.50. The maximum Gasteiger partial charge on any atom is 0.254 e. The molecule has 6 nitrogen and oxygen atoms in total. The van der Waals surface area contributed by atoms with Gasteiger partial charge in [-0.15, -0.1) is 0 Å². The summed E-state index contributed by atoms with van der Waals surface area (Å²) >= 11 is 0. The van der Waals surface area contributed by atoms with Crippen LogP contribution in [0, 0.1) is 0 Å². The van der Waals surface area contributed by atoms with Crippen molar-refractivity contribution < 1.29 is 14.4 Å². The Labute approximate surface area is 80.7 Å². The summed E-state index contributed by atoms with van der Waals surface area (Å²) in [5, 5.41) is 2.34. The van der Waals surface area contributed by atoms with E-state index in [1.54, 1.807) is 0 Å². The van der Waals surface area contributed by atoms with Crippen molar-refractivity contribution in [3.8, 4) is 0 Å². The molecule has 1 atom stereocenters. The van der Waals surface area contributed by atoms with E-state index < -0.39 is 23.8 Å². The molecule has 6 heteroatoms. The molecular weight excluding hydrogens is 186 g/mol. The lowest BCUT2D eigenvalue weighted by Crippen LogP contribution is -2.52. The third kappa shape index (κ3) is 1.64. The van der Waals surface area contributed by atoms with Crippen LogP contribution in [0.1, 0.15) is 0 Å². The van der Waals surface area contributed by atoms with E-state index in [0.29, 0.717) is 0 Å². The lowest BCUT2D eigenvalue weighted by atomic mass is 10.2. The first-order valence-electron chi connectivity index (χ1n) is 4.08. The number of hydrogen-bond donors (Lipinski definition) is 2. The average molecular weight is 197 g/mol. The van der Waals surface area contributed by atoms with Crippen LogP contribution in [-0.2, 0) is 14.4 Å². The standard InChI is InChI=1S/C8H11N3O3/c1-10-8(14)5(4-9)11-6(12)2-3-7(11)13/h2-3,5H,4,9H2,1H3,(H,10,14). The van der Waals surface area contributed by atoms with Gasteiger partial charge in [0.15, 0.2) is 0 Å². The fourth-order valence-corrected chi connectivity index (χ4v) is 1.22. The number of hydrogen-bond acceptors (Lipinski definition) is 4. The number of imide groups is 1. The Balaban J connectivity index is 2.85. The normalized spacial score (nSPS) is 17.4. The molecule has 0 bridgehead atoms. The topological polar surface area (TPSA) is 92.5 Å². The molecule has 0 fully saturated rings. The summed E-state index contributed by atoms with van der Waals surface area (Å²) in [6.45, 7) is -0.0845. The highest BCUT2D eigenvalue weighted by molar-refractivity contribution is 6.15. The van der Waals surface area contributed by atoms with Crippen LogP contribution in [0.4, 0.5) is 0 Å². The molecular formula is C8H11N3O3. The molecule has 0 aliphatic carbocycles. The second-order valence-corrected chi connectivity index (χ2v) is 2.75. The number of carbonyl (C=O) groups excluding carboxylic acids is 3. The zero-order chi connectivity index (χ0) is 10.7. The summed E-state index contributed by atoms with van der Waals surface area (Å²) in [5.74, 6) is -1.46. The molecule has 14 heavy (non-hydrogen) atoms. The maximum atomic E-state index is 11.3. The van der Waals surface area contributed by atoms with Crippen molar-refractivity contribution in [2.75, 3.05) is 13.6 Å². The highest BCUT2D eigenvalue weighted by atomic mass is 16.2. The molecule has 1 unspecified atom stereocenters. The van der Waals surface area contributed by atoms with Crippen molar-refractivity contribution in [2.24, 2.45) is 5.73 Å². The molecule has 0 saturated heterocycles. The molecule has 0 aromatic heterocycles. The van der Waals surface area contributed by atoms with Gasteiger partial charge in [-0.25, -0.2) is 0 Å². The molecule has 1 aliphatic heterocycles. The van der Waals surface area contributed by atoms with Gasteiger partial charge >= 0.3 is 0 Å². The van der Waals surface area contributed by atoms with Gasteiger partial charge in [0.25, 0.3) is 11.8 Å². The Bertz CT molecular complexity index is 293. The van der Waals surface area contributed by atoms with Crippen molar-refractivity contribution >= 4 is 17.7 Å². The number of rotatable bonds is 3. The Kier molecular flexibility index (Phi) is 2.98. The third-order valence-corrected chi connectivity index (χ3v) is 1.93. The second-order valence-electron chi connectivity index (χ2n) is 2.75. The highest BCUT2D eigenvalue weighted by Crippen LogP contribution is 2.08. The molecule has 0 radical (unpaired) electrons. The Morgan fingerprint density at radius 3 is 2.36 bits per heavy atom. The Morgan fingerprint density at radius 2 is 2.00 bits per heavy atom. The van der Waals surface area contributed by atoms with Gasteiger partial charge in [-0.05, 0) is 0 Å². The summed E-state index contributed by atoms with van der Waals surface area (Å²) in [4.78, 5) is 34.5. The summed E-state index contributed by atoms with van der Waals surface area (Å²) in [5.41, 5.74) is 5.32. The fourth-order valence-electron chi connectivity index (χ4n) is 1.22. The van der Waals surface area contributed by atoms with Gasteiger partial charge < -0.3 is 11.1 Å². The van der Waals surface area contributed by atoms with E-state index in [0.717, 1.165) is 17.1 Å². The van der Waals surface area contributed by atoms with Gasteiger partial charge in [0, 0.05) is 25.7 Å². The number of nitrogens with zero attached hydrogens (tertiary/aromatic N) is 1. The Hall–Kier alpha value is -1.69. The van der Waals surface area contributed by atoms with Gasteiger partial charge in [0.1, 0.15) is 6.04 Å². The quantitative estimate of drug-likeness (QED) is 0.511. The van der Waals surface area contributed by atoms with E-state index in [1.165, 1.54) is 7.05 Å². The van der Waals surface area contributed by atoms with Crippen molar-refractivity contribution in [1.29, 1.82) is 0 Å². The number of amides is 3. The van der Waals surface area contributed by atoms with Crippen LogP contribution in [0.3, 0.4) is 0 Å². The van der Waals surface area contributed by atoms with E-state index in [9.17, 15) is 14.4 Å². The van der Waals surface area contributed by atoms with Crippen LogP contribution in [-0.4, -0.2) is 42.3 Å². The first kappa shape index (κ1) is 10.4. The van der Waals surface area contributed by atoms with Gasteiger partial charge in [0.05, 0.1) is 0 Å². The molecule has 0 aromatic rings. The Morgan fingerprint density at radius 1 is 1.50 bits per heavy atom. The predicted octanol–water partition coefficient (Wildman–Crippen LogP) is -2.02. The number of nitrogens with one attached hydrogen (secondary N) is 1. The summed E-state index contributed by atoms with van der Waals surface area (Å²) in [6.07, 6.45) is 2.24. The van der Waals surface area contributed by atoms with Gasteiger partial charge in [0.2, 0.25) is 5.91 Å². The summed E-state index contributed by atoms with van der Waals surface area (Å²) in [6, 6.07) is -0.921. The minimum absolute atomic E-state index is 0.0845. The SMILES string of the molecule is CNC(=O)C(CN)N1C(=O)C=CC1=O. The first-order valence-corrected chi connectivity index (χ1v) is 4.08. The largest absolute Gasteiger partial charge is 0.357 e. The van der Waals surface area contributed by atoms with Crippen LogP contribution in [0.5, 0.6) is 0 Å². The van der Waals surface area contributed by atoms with Gasteiger partial charge in [-0.2, -0.15) is 0 Å². The minimum atomic E-state index is -0.921. The van der Waals surface area contributed by atoms with Crippen LogP contribution in [0.15, 0.2) is 12.2 Å². The predicted molar refractivity (Wildman–Crippen MR) is 47.9 cm³/mol. The van der Waals surface area contributed by atoms with E-state index >= 15 is 0 Å². The lowest BCUT2D eigenvalue weighted by Gasteiger charge is -2.22. The first-order chi connectivity index (χ1) is 6.61. The number of carbonyl (C=O) groups is 3. The van der Waals surface area contributed by atoms with Gasteiger partial charge in [-0.1, -0.05) is 0 Å². The second kappa shape index (κ2) is 4.01. The molecule has 3 amide bonds. The lowest BCUT2D eigenvalue weighted by molar-refractivity contribution is -0.144. The van der Waals surface area contributed by atoms with E-state index in [1.807, 2.05) is 0 Å². The maximum absolute atomic E-state index is 11.3. The highest BCUT2D eigenvalue weighted by Gasteiger charge is 2.34. The van der Waals surface area contributed by atoms with Crippen molar-refractivity contribution in [3.63, 3.8) is 0 Å². The fraction of sp³-hybridized carbons (Fsp3) is 0.375. The van der Waals surface area contributed by atoms with Crippen molar-refractivity contribution in [3.05, 3.63) is 12.2 Å². The monoisotopic (exact) mass is 197 g/mol. The van der Waals surface area contributed by atoms with Gasteiger partial charge in [-0.3, -0.25) is 19.3 Å². The number of nitrogens with two attached hydrogens (primary N) is 1. The van der Waals surface area contributed by atoms with Crippen LogP contribution in [0.25, 0.3) is 0 Å². The molecule has 3 N–H and O–H groups in total. The minimum Gasteiger partial charge on any atom is -0.357 e.